The molecule has 1 fully saturated rings. The van der Waals surface area contributed by atoms with Crippen molar-refractivity contribution < 1.29 is 14.6 Å². The maximum atomic E-state index is 13.0. The van der Waals surface area contributed by atoms with Crippen LogP contribution in [0.3, 0.4) is 0 Å². The Balaban J connectivity index is 1.75. The van der Waals surface area contributed by atoms with Crippen LogP contribution in [0.1, 0.15) is 36.5 Å². The fourth-order valence-electron chi connectivity index (χ4n) is 3.33. The minimum atomic E-state index is -0.0309. The van der Waals surface area contributed by atoms with Crippen molar-refractivity contribution in [1.29, 1.82) is 0 Å². The maximum Gasteiger partial charge on any atom is 0.257 e. The standard InChI is InChI=1S/C21H25NO3/c1-2-21(16-23)12-14-22(15-13-21)20(24)18-10-6-7-11-19(18)25-17-8-4-3-5-9-17/h3-11,23H,2,12-16H2,1H3. The van der Waals surface area contributed by atoms with E-state index in [1.54, 1.807) is 0 Å². The Hall–Kier alpha value is -2.33. The van der Waals surface area contributed by atoms with Gasteiger partial charge in [-0.25, -0.2) is 0 Å². The number of nitrogens with zero attached hydrogens (tertiary/aromatic N) is 1. The summed E-state index contributed by atoms with van der Waals surface area (Å²) in [6.07, 6.45) is 2.63. The quantitative estimate of drug-likeness (QED) is 0.892. The monoisotopic (exact) mass is 339 g/mol. The van der Waals surface area contributed by atoms with E-state index in [0.29, 0.717) is 30.2 Å². The van der Waals surface area contributed by atoms with Gasteiger partial charge in [0.1, 0.15) is 11.5 Å². The summed E-state index contributed by atoms with van der Waals surface area (Å²) in [4.78, 5) is 14.9. The Bertz CT molecular complexity index is 700. The van der Waals surface area contributed by atoms with Gasteiger partial charge in [0, 0.05) is 19.7 Å². The molecule has 0 aromatic heterocycles. The summed E-state index contributed by atoms with van der Waals surface area (Å²) in [7, 11) is 0. The lowest BCUT2D eigenvalue weighted by molar-refractivity contribution is 0.0337. The fourth-order valence-corrected chi connectivity index (χ4v) is 3.33. The van der Waals surface area contributed by atoms with Crippen LogP contribution in [-0.2, 0) is 0 Å². The predicted octanol–water partition coefficient (Wildman–Crippen LogP) is 4.10. The average molecular weight is 339 g/mol. The van der Waals surface area contributed by atoms with E-state index in [-0.39, 0.29) is 17.9 Å². The van der Waals surface area contributed by atoms with Crippen LogP contribution in [0, 0.1) is 5.41 Å². The number of hydrogen-bond donors (Lipinski definition) is 1. The second kappa shape index (κ2) is 7.70. The molecular weight excluding hydrogens is 314 g/mol. The number of piperidine rings is 1. The summed E-state index contributed by atoms with van der Waals surface area (Å²) in [5, 5.41) is 9.67. The Morgan fingerprint density at radius 1 is 1.08 bits per heavy atom. The highest BCUT2D eigenvalue weighted by Crippen LogP contribution is 2.35. The molecule has 25 heavy (non-hydrogen) atoms. The zero-order chi connectivity index (χ0) is 17.7. The first-order valence-electron chi connectivity index (χ1n) is 8.89. The number of aliphatic hydroxyl groups excluding tert-OH is 1. The topological polar surface area (TPSA) is 49.8 Å². The number of para-hydroxylation sites is 2. The van der Waals surface area contributed by atoms with Gasteiger partial charge in [0.25, 0.3) is 5.91 Å². The Morgan fingerprint density at radius 3 is 2.36 bits per heavy atom. The highest BCUT2D eigenvalue weighted by atomic mass is 16.5. The highest BCUT2D eigenvalue weighted by molar-refractivity contribution is 5.97. The predicted molar refractivity (Wildman–Crippen MR) is 97.9 cm³/mol. The van der Waals surface area contributed by atoms with E-state index < -0.39 is 0 Å². The molecule has 2 aromatic rings. The smallest absolute Gasteiger partial charge is 0.257 e. The molecule has 0 bridgehead atoms. The second-order valence-electron chi connectivity index (χ2n) is 6.72. The molecule has 0 aliphatic carbocycles. The highest BCUT2D eigenvalue weighted by Gasteiger charge is 2.34. The van der Waals surface area contributed by atoms with Crippen molar-refractivity contribution in [3.05, 3.63) is 60.2 Å². The third-order valence-corrected chi connectivity index (χ3v) is 5.29. The van der Waals surface area contributed by atoms with Gasteiger partial charge in [0.15, 0.2) is 0 Å². The lowest BCUT2D eigenvalue weighted by atomic mass is 9.77. The van der Waals surface area contributed by atoms with Crippen LogP contribution in [0.25, 0.3) is 0 Å². The van der Waals surface area contributed by atoms with Crippen LogP contribution in [0.15, 0.2) is 54.6 Å². The van der Waals surface area contributed by atoms with Crippen molar-refractivity contribution in [3.8, 4) is 11.5 Å². The van der Waals surface area contributed by atoms with E-state index in [2.05, 4.69) is 6.92 Å². The van der Waals surface area contributed by atoms with E-state index in [1.165, 1.54) is 0 Å². The molecule has 0 atom stereocenters. The lowest BCUT2D eigenvalue weighted by Crippen LogP contribution is -2.44. The molecule has 1 amide bonds. The van der Waals surface area contributed by atoms with Crippen LogP contribution in [-0.4, -0.2) is 35.6 Å². The molecule has 132 valence electrons. The fraction of sp³-hybridized carbons (Fsp3) is 0.381. The number of benzene rings is 2. The number of carbonyl (C=O) groups excluding carboxylic acids is 1. The minimum absolute atomic E-state index is 0.00539. The van der Waals surface area contributed by atoms with Gasteiger partial charge in [-0.1, -0.05) is 37.3 Å². The summed E-state index contributed by atoms with van der Waals surface area (Å²) in [6.45, 7) is 3.65. The SMILES string of the molecule is CCC1(CO)CCN(C(=O)c2ccccc2Oc2ccccc2)CC1. The van der Waals surface area contributed by atoms with Crippen LogP contribution < -0.4 is 4.74 Å². The van der Waals surface area contributed by atoms with Crippen LogP contribution >= 0.6 is 0 Å². The maximum absolute atomic E-state index is 13.0. The summed E-state index contributed by atoms with van der Waals surface area (Å²) in [5.41, 5.74) is 0.552. The Labute approximate surface area is 149 Å². The molecule has 0 unspecified atom stereocenters. The van der Waals surface area contributed by atoms with Gasteiger partial charge in [-0.3, -0.25) is 4.79 Å². The van der Waals surface area contributed by atoms with Crippen LogP contribution in [0.4, 0.5) is 0 Å². The van der Waals surface area contributed by atoms with Gasteiger partial charge >= 0.3 is 0 Å². The largest absolute Gasteiger partial charge is 0.457 e. The van der Waals surface area contributed by atoms with E-state index in [1.807, 2.05) is 59.5 Å². The van der Waals surface area contributed by atoms with Crippen molar-refractivity contribution >= 4 is 5.91 Å². The van der Waals surface area contributed by atoms with Crippen molar-refractivity contribution in [2.75, 3.05) is 19.7 Å². The number of hydrogen-bond acceptors (Lipinski definition) is 3. The molecule has 3 rings (SSSR count). The molecule has 0 spiro atoms. The normalized spacial score (nSPS) is 16.5. The molecule has 1 aliphatic rings. The number of likely N-dealkylation sites (tertiary alicyclic amines) is 1. The molecule has 0 radical (unpaired) electrons. The molecule has 1 heterocycles. The first-order valence-corrected chi connectivity index (χ1v) is 8.89. The van der Waals surface area contributed by atoms with Crippen molar-refractivity contribution in [3.63, 3.8) is 0 Å². The number of amides is 1. The van der Waals surface area contributed by atoms with Gasteiger partial charge in [0.2, 0.25) is 0 Å². The molecule has 1 aliphatic heterocycles. The average Bonchev–Trinajstić information content (AvgIpc) is 2.69. The lowest BCUT2D eigenvalue weighted by Gasteiger charge is -2.40. The molecular formula is C21H25NO3. The van der Waals surface area contributed by atoms with E-state index in [9.17, 15) is 9.90 Å². The van der Waals surface area contributed by atoms with Gasteiger partial charge in [-0.2, -0.15) is 0 Å². The summed E-state index contributed by atoms with van der Waals surface area (Å²) in [6, 6.07) is 16.9. The third kappa shape index (κ3) is 3.85. The molecule has 1 saturated heterocycles. The number of carbonyl (C=O) groups is 1. The summed E-state index contributed by atoms with van der Waals surface area (Å²) < 4.78 is 5.92. The number of rotatable bonds is 5. The molecule has 4 nitrogen and oxygen atoms in total. The second-order valence-corrected chi connectivity index (χ2v) is 6.72. The first-order chi connectivity index (χ1) is 12.2. The van der Waals surface area contributed by atoms with E-state index in [0.717, 1.165) is 19.3 Å². The molecule has 0 saturated carbocycles. The third-order valence-electron chi connectivity index (χ3n) is 5.29. The van der Waals surface area contributed by atoms with Crippen molar-refractivity contribution in [1.82, 2.24) is 4.90 Å². The summed E-state index contributed by atoms with van der Waals surface area (Å²) in [5.74, 6) is 1.29. The van der Waals surface area contributed by atoms with Crippen LogP contribution in [0.2, 0.25) is 0 Å². The van der Waals surface area contributed by atoms with Crippen LogP contribution in [0.5, 0.6) is 11.5 Å². The van der Waals surface area contributed by atoms with Crippen molar-refractivity contribution in [2.45, 2.75) is 26.2 Å². The molecule has 4 heteroatoms. The van der Waals surface area contributed by atoms with Gasteiger partial charge < -0.3 is 14.7 Å². The van der Waals surface area contributed by atoms with Gasteiger partial charge in [-0.15, -0.1) is 0 Å². The van der Waals surface area contributed by atoms with E-state index in [4.69, 9.17) is 4.74 Å². The minimum Gasteiger partial charge on any atom is -0.457 e. The Morgan fingerprint density at radius 2 is 1.72 bits per heavy atom. The molecule has 1 N–H and O–H groups in total. The van der Waals surface area contributed by atoms with E-state index >= 15 is 0 Å². The summed E-state index contributed by atoms with van der Waals surface area (Å²) >= 11 is 0. The first kappa shape index (κ1) is 17.5. The number of aliphatic hydroxyl groups is 1. The van der Waals surface area contributed by atoms with Crippen molar-refractivity contribution in [2.24, 2.45) is 5.41 Å². The number of ether oxygens (including phenoxy) is 1. The Kier molecular flexibility index (Phi) is 5.39. The molecule has 2 aromatic carbocycles. The zero-order valence-electron chi connectivity index (χ0n) is 14.6. The van der Waals surface area contributed by atoms with Gasteiger partial charge in [0.05, 0.1) is 5.56 Å². The zero-order valence-corrected chi connectivity index (χ0v) is 14.6. The van der Waals surface area contributed by atoms with Gasteiger partial charge in [-0.05, 0) is 48.9 Å².